The molecule has 1 aromatic rings. The van der Waals surface area contributed by atoms with Crippen LogP contribution in [-0.2, 0) is 0 Å². The van der Waals surface area contributed by atoms with Gasteiger partial charge < -0.3 is 9.84 Å². The number of halogens is 2. The number of ether oxygens (including phenoxy) is 1. The summed E-state index contributed by atoms with van der Waals surface area (Å²) < 4.78 is 5.53. The molecule has 1 fully saturated rings. The predicted octanol–water partition coefficient (Wildman–Crippen LogP) is 3.17. The molecule has 0 aromatic heterocycles. The number of carboxylic acids is 1. The van der Waals surface area contributed by atoms with Gasteiger partial charge in [-0.15, -0.1) is 0 Å². The number of likely N-dealkylation sites (tertiary alicyclic amines) is 1. The highest BCUT2D eigenvalue weighted by Crippen LogP contribution is 2.33. The van der Waals surface area contributed by atoms with Gasteiger partial charge in [0.05, 0.1) is 10.0 Å². The first kappa shape index (κ1) is 14.4. The van der Waals surface area contributed by atoms with E-state index in [2.05, 4.69) is 4.90 Å². The molecule has 1 aliphatic heterocycles. The quantitative estimate of drug-likeness (QED) is 0.908. The topological polar surface area (TPSA) is 49.8 Å². The van der Waals surface area contributed by atoms with Crippen LogP contribution >= 0.6 is 23.2 Å². The van der Waals surface area contributed by atoms with Crippen LogP contribution in [0.4, 0.5) is 0 Å². The lowest BCUT2D eigenvalue weighted by atomic mass is 10.2. The third-order valence-corrected chi connectivity index (χ3v) is 3.94. The number of hydrogen-bond acceptors (Lipinski definition) is 3. The fourth-order valence-corrected chi connectivity index (χ4v) is 2.54. The van der Waals surface area contributed by atoms with Crippen molar-refractivity contribution in [1.29, 1.82) is 0 Å². The van der Waals surface area contributed by atoms with E-state index in [1.54, 1.807) is 12.1 Å². The summed E-state index contributed by atoms with van der Waals surface area (Å²) in [5.41, 5.74) is -0.0735. The summed E-state index contributed by atoms with van der Waals surface area (Å²) >= 11 is 11.7. The maximum absolute atomic E-state index is 11.2. The fraction of sp³-hybridized carbons (Fsp3) is 0.462. The van der Waals surface area contributed by atoms with Gasteiger partial charge in [-0.2, -0.15) is 0 Å². The van der Waals surface area contributed by atoms with Crippen molar-refractivity contribution in [3.63, 3.8) is 0 Å². The molecular weight excluding hydrogens is 289 g/mol. The second-order valence-corrected chi connectivity index (χ2v) is 5.22. The van der Waals surface area contributed by atoms with Gasteiger partial charge in [0.15, 0.2) is 0 Å². The molecular formula is C13H15Cl2NO3. The van der Waals surface area contributed by atoms with Gasteiger partial charge in [0.25, 0.3) is 0 Å². The van der Waals surface area contributed by atoms with Crippen molar-refractivity contribution >= 4 is 29.2 Å². The minimum absolute atomic E-state index is 0.0211. The van der Waals surface area contributed by atoms with Crippen molar-refractivity contribution in [2.24, 2.45) is 0 Å². The Kier molecular flexibility index (Phi) is 4.91. The van der Waals surface area contributed by atoms with Crippen LogP contribution in [0.15, 0.2) is 12.1 Å². The smallest absolute Gasteiger partial charge is 0.341 e. The average molecular weight is 304 g/mol. The molecule has 0 spiro atoms. The molecule has 1 saturated heterocycles. The highest BCUT2D eigenvalue weighted by molar-refractivity contribution is 6.44. The Labute approximate surface area is 121 Å². The Morgan fingerprint density at radius 2 is 2.00 bits per heavy atom. The molecule has 1 heterocycles. The lowest BCUT2D eigenvalue weighted by Gasteiger charge is -2.16. The molecule has 19 heavy (non-hydrogen) atoms. The zero-order valence-electron chi connectivity index (χ0n) is 10.4. The summed E-state index contributed by atoms with van der Waals surface area (Å²) in [6.45, 7) is 3.39. The zero-order valence-corrected chi connectivity index (χ0v) is 11.9. The van der Waals surface area contributed by atoms with Gasteiger partial charge in [0.2, 0.25) is 0 Å². The lowest BCUT2D eigenvalue weighted by Crippen LogP contribution is -2.25. The van der Waals surface area contributed by atoms with Crippen LogP contribution < -0.4 is 4.74 Å². The maximum atomic E-state index is 11.2. The number of benzene rings is 1. The number of hydrogen-bond donors (Lipinski definition) is 1. The third-order valence-electron chi connectivity index (χ3n) is 3.13. The fourth-order valence-electron chi connectivity index (χ4n) is 2.14. The van der Waals surface area contributed by atoms with E-state index in [0.717, 1.165) is 19.6 Å². The minimum Gasteiger partial charge on any atom is -0.491 e. The Morgan fingerprint density at radius 1 is 1.32 bits per heavy atom. The van der Waals surface area contributed by atoms with Crippen molar-refractivity contribution in [3.8, 4) is 5.75 Å². The standard InChI is InChI=1S/C13H15Cl2NO3/c14-9-3-4-10(11(12(9)15)13(17)18)19-8-7-16-5-1-2-6-16/h3-4H,1-2,5-8H2,(H,17,18). The van der Waals surface area contributed by atoms with Crippen LogP contribution in [0.3, 0.4) is 0 Å². The number of nitrogens with zero attached hydrogens (tertiary/aromatic N) is 1. The first-order valence-electron chi connectivity index (χ1n) is 6.16. The molecule has 2 rings (SSSR count). The highest BCUT2D eigenvalue weighted by atomic mass is 35.5. The summed E-state index contributed by atoms with van der Waals surface area (Å²) in [7, 11) is 0. The Balaban J connectivity index is 2.02. The maximum Gasteiger partial charge on any atom is 0.341 e. The lowest BCUT2D eigenvalue weighted by molar-refractivity contribution is 0.0692. The Hall–Kier alpha value is -0.970. The molecule has 104 valence electrons. The first-order chi connectivity index (χ1) is 9.09. The van der Waals surface area contributed by atoms with E-state index in [1.807, 2.05) is 0 Å². The normalized spacial score (nSPS) is 15.7. The van der Waals surface area contributed by atoms with E-state index in [4.69, 9.17) is 33.0 Å². The molecule has 0 atom stereocenters. The van der Waals surface area contributed by atoms with Crippen LogP contribution in [0, 0.1) is 0 Å². The van der Waals surface area contributed by atoms with Crippen LogP contribution in [-0.4, -0.2) is 42.2 Å². The molecule has 0 amide bonds. The van der Waals surface area contributed by atoms with Crippen LogP contribution in [0.5, 0.6) is 5.75 Å². The molecule has 1 aliphatic rings. The van der Waals surface area contributed by atoms with Crippen LogP contribution in [0.2, 0.25) is 10.0 Å². The van der Waals surface area contributed by atoms with Gasteiger partial charge in [0, 0.05) is 6.54 Å². The summed E-state index contributed by atoms with van der Waals surface area (Å²) in [5, 5.41) is 9.38. The largest absolute Gasteiger partial charge is 0.491 e. The molecule has 0 bridgehead atoms. The van der Waals surface area contributed by atoms with E-state index >= 15 is 0 Å². The predicted molar refractivity (Wildman–Crippen MR) is 74.6 cm³/mol. The molecule has 1 aromatic carbocycles. The molecule has 6 heteroatoms. The van der Waals surface area contributed by atoms with Crippen LogP contribution in [0.1, 0.15) is 23.2 Å². The number of carboxylic acid groups (broad SMARTS) is 1. The molecule has 0 radical (unpaired) electrons. The SMILES string of the molecule is O=C(O)c1c(OCCN2CCCC2)ccc(Cl)c1Cl. The summed E-state index contributed by atoms with van der Waals surface area (Å²) in [6, 6.07) is 3.09. The van der Waals surface area contributed by atoms with Gasteiger partial charge in [-0.1, -0.05) is 23.2 Å². The summed E-state index contributed by atoms with van der Waals surface area (Å²) in [5.74, 6) is -0.871. The molecule has 0 saturated carbocycles. The van der Waals surface area contributed by atoms with Crippen molar-refractivity contribution < 1.29 is 14.6 Å². The van der Waals surface area contributed by atoms with E-state index in [0.29, 0.717) is 6.61 Å². The van der Waals surface area contributed by atoms with E-state index in [1.165, 1.54) is 12.8 Å². The summed E-state index contributed by atoms with van der Waals surface area (Å²) in [6.07, 6.45) is 2.43. The van der Waals surface area contributed by atoms with Gasteiger partial charge in [0.1, 0.15) is 17.9 Å². The minimum atomic E-state index is -1.14. The van der Waals surface area contributed by atoms with E-state index in [9.17, 15) is 4.79 Å². The van der Waals surface area contributed by atoms with Gasteiger partial charge in [-0.25, -0.2) is 4.79 Å². The van der Waals surface area contributed by atoms with Crippen molar-refractivity contribution in [2.75, 3.05) is 26.2 Å². The molecule has 4 nitrogen and oxygen atoms in total. The number of carbonyl (C=O) groups is 1. The third kappa shape index (κ3) is 3.53. The zero-order chi connectivity index (χ0) is 13.8. The summed E-state index contributed by atoms with van der Waals surface area (Å²) in [4.78, 5) is 13.5. The van der Waals surface area contributed by atoms with Gasteiger partial charge >= 0.3 is 5.97 Å². The second-order valence-electron chi connectivity index (χ2n) is 4.44. The number of aromatic carboxylic acids is 1. The number of rotatable bonds is 5. The highest BCUT2D eigenvalue weighted by Gasteiger charge is 2.19. The Morgan fingerprint density at radius 3 is 2.63 bits per heavy atom. The van der Waals surface area contributed by atoms with Crippen molar-refractivity contribution in [3.05, 3.63) is 27.7 Å². The van der Waals surface area contributed by atoms with Gasteiger partial charge in [-0.05, 0) is 38.1 Å². The van der Waals surface area contributed by atoms with E-state index in [-0.39, 0.29) is 21.4 Å². The monoisotopic (exact) mass is 303 g/mol. The van der Waals surface area contributed by atoms with Gasteiger partial charge in [-0.3, -0.25) is 4.90 Å². The van der Waals surface area contributed by atoms with Crippen molar-refractivity contribution in [2.45, 2.75) is 12.8 Å². The van der Waals surface area contributed by atoms with E-state index < -0.39 is 5.97 Å². The van der Waals surface area contributed by atoms with Crippen LogP contribution in [0.25, 0.3) is 0 Å². The molecule has 0 aliphatic carbocycles. The average Bonchev–Trinajstić information content (AvgIpc) is 2.86. The molecule has 0 unspecified atom stereocenters. The first-order valence-corrected chi connectivity index (χ1v) is 6.91. The van der Waals surface area contributed by atoms with Crippen molar-refractivity contribution in [1.82, 2.24) is 4.90 Å². The second kappa shape index (κ2) is 6.46. The Bertz CT molecular complexity index is 473. The molecule has 1 N–H and O–H groups in total.